The molecule has 0 aliphatic carbocycles. The Morgan fingerprint density at radius 1 is 1.07 bits per heavy atom. The molecule has 0 amide bonds. The van der Waals surface area contributed by atoms with Crippen LogP contribution in [-0.2, 0) is 6.18 Å². The Hall–Kier alpha value is -3.43. The molecule has 4 rings (SSSR count). The van der Waals surface area contributed by atoms with E-state index in [1.807, 2.05) is 0 Å². The van der Waals surface area contributed by atoms with Crippen LogP contribution in [0.4, 0.5) is 13.2 Å². The molecule has 27 heavy (non-hydrogen) atoms. The van der Waals surface area contributed by atoms with Gasteiger partial charge in [0.15, 0.2) is 11.3 Å². The summed E-state index contributed by atoms with van der Waals surface area (Å²) in [6, 6.07) is 5.38. The minimum Gasteiger partial charge on any atom is -0.508 e. The molecule has 0 spiro atoms. The highest BCUT2D eigenvalue weighted by molar-refractivity contribution is 5.65. The summed E-state index contributed by atoms with van der Waals surface area (Å²) in [5.74, 6) is 0.493. The van der Waals surface area contributed by atoms with Gasteiger partial charge in [0.1, 0.15) is 11.4 Å². The number of rotatable bonds is 2. The maximum Gasteiger partial charge on any atom is 0.435 e. The Morgan fingerprint density at radius 3 is 2.59 bits per heavy atom. The van der Waals surface area contributed by atoms with Crippen molar-refractivity contribution >= 4 is 5.65 Å². The maximum atomic E-state index is 12.8. The second-order valence-electron chi connectivity index (χ2n) is 6.02. The van der Waals surface area contributed by atoms with Gasteiger partial charge in [-0.25, -0.2) is 9.50 Å². The molecule has 0 aliphatic rings. The molecule has 1 N–H and O–H groups in total. The number of benzene rings is 1. The van der Waals surface area contributed by atoms with Crippen molar-refractivity contribution in [2.45, 2.75) is 20.0 Å². The third-order valence-electron chi connectivity index (χ3n) is 4.04. The predicted molar refractivity (Wildman–Crippen MR) is 87.9 cm³/mol. The van der Waals surface area contributed by atoms with E-state index >= 15 is 0 Å². The fourth-order valence-corrected chi connectivity index (χ4v) is 2.62. The molecule has 138 valence electrons. The van der Waals surface area contributed by atoms with Gasteiger partial charge < -0.3 is 9.63 Å². The standard InChI is InChI=1S/C17H12F3N5O2/c1-8-6-12(26)9(2)5-10(8)15-22-16(27-24-15)11-7-25-14(21-11)4-3-13(23-25)17(18,19)20/h3-7,26H,1-2H3. The first-order valence-corrected chi connectivity index (χ1v) is 7.80. The first-order valence-electron chi connectivity index (χ1n) is 7.80. The summed E-state index contributed by atoms with van der Waals surface area (Å²) < 4.78 is 44.6. The number of fused-ring (bicyclic) bond motifs is 1. The highest BCUT2D eigenvalue weighted by atomic mass is 19.4. The monoisotopic (exact) mass is 375 g/mol. The Labute approximate surface area is 150 Å². The van der Waals surface area contributed by atoms with Crippen LogP contribution in [0.15, 0.2) is 35.0 Å². The molecule has 0 saturated heterocycles. The average Bonchev–Trinajstić information content (AvgIpc) is 3.23. The van der Waals surface area contributed by atoms with Gasteiger partial charge in [-0.05, 0) is 49.2 Å². The van der Waals surface area contributed by atoms with Gasteiger partial charge >= 0.3 is 6.18 Å². The summed E-state index contributed by atoms with van der Waals surface area (Å²) in [5, 5.41) is 17.2. The zero-order valence-corrected chi connectivity index (χ0v) is 14.1. The van der Waals surface area contributed by atoms with Crippen molar-refractivity contribution in [2.24, 2.45) is 0 Å². The topological polar surface area (TPSA) is 89.3 Å². The molecular formula is C17H12F3N5O2. The van der Waals surface area contributed by atoms with Crippen molar-refractivity contribution in [2.75, 3.05) is 0 Å². The van der Waals surface area contributed by atoms with Gasteiger partial charge in [-0.3, -0.25) is 0 Å². The number of alkyl halides is 3. The first kappa shape index (κ1) is 17.0. The number of hydrogen-bond donors (Lipinski definition) is 1. The molecule has 0 unspecified atom stereocenters. The maximum absolute atomic E-state index is 12.8. The van der Waals surface area contributed by atoms with Crippen molar-refractivity contribution < 1.29 is 22.8 Å². The summed E-state index contributed by atoms with van der Waals surface area (Å²) in [4.78, 5) is 8.43. The van der Waals surface area contributed by atoms with Gasteiger partial charge in [0.05, 0.1) is 6.20 Å². The Bertz CT molecular complexity index is 1160. The van der Waals surface area contributed by atoms with Crippen LogP contribution >= 0.6 is 0 Å². The van der Waals surface area contributed by atoms with Crippen LogP contribution in [-0.4, -0.2) is 29.8 Å². The number of halogens is 3. The lowest BCUT2D eigenvalue weighted by molar-refractivity contribution is -0.141. The first-order chi connectivity index (χ1) is 12.7. The summed E-state index contributed by atoms with van der Waals surface area (Å²) in [6.45, 7) is 3.53. The number of aryl methyl sites for hydroxylation is 2. The number of aromatic nitrogens is 5. The molecule has 0 saturated carbocycles. The van der Waals surface area contributed by atoms with Crippen LogP contribution in [0.25, 0.3) is 28.6 Å². The summed E-state index contributed by atoms with van der Waals surface area (Å²) in [5.41, 5.74) is 1.46. The molecule has 1 aromatic carbocycles. The number of phenols is 1. The number of imidazole rings is 1. The Morgan fingerprint density at radius 2 is 1.85 bits per heavy atom. The molecule has 0 atom stereocenters. The summed E-state index contributed by atoms with van der Waals surface area (Å²) >= 11 is 0. The zero-order valence-electron chi connectivity index (χ0n) is 14.1. The van der Waals surface area contributed by atoms with E-state index in [2.05, 4.69) is 20.2 Å². The highest BCUT2D eigenvalue weighted by Gasteiger charge is 2.33. The van der Waals surface area contributed by atoms with Gasteiger partial charge in [-0.15, -0.1) is 0 Å². The molecule has 0 bridgehead atoms. The van der Waals surface area contributed by atoms with Crippen LogP contribution in [0.5, 0.6) is 5.75 Å². The van der Waals surface area contributed by atoms with E-state index in [0.717, 1.165) is 16.1 Å². The Kier molecular flexibility index (Phi) is 3.65. The number of hydrogen-bond acceptors (Lipinski definition) is 6. The van der Waals surface area contributed by atoms with E-state index < -0.39 is 11.9 Å². The van der Waals surface area contributed by atoms with Gasteiger partial charge in [0.25, 0.3) is 5.89 Å². The fourth-order valence-electron chi connectivity index (χ4n) is 2.62. The highest BCUT2D eigenvalue weighted by Crippen LogP contribution is 2.30. The quantitative estimate of drug-likeness (QED) is 0.573. The average molecular weight is 375 g/mol. The van der Waals surface area contributed by atoms with Crippen molar-refractivity contribution in [3.05, 3.63) is 47.3 Å². The van der Waals surface area contributed by atoms with Gasteiger partial charge in [0, 0.05) is 5.56 Å². The van der Waals surface area contributed by atoms with E-state index in [1.54, 1.807) is 26.0 Å². The van der Waals surface area contributed by atoms with Crippen LogP contribution in [0.1, 0.15) is 16.8 Å². The molecule has 3 aromatic heterocycles. The lowest BCUT2D eigenvalue weighted by Gasteiger charge is -2.04. The van der Waals surface area contributed by atoms with Crippen molar-refractivity contribution in [1.29, 1.82) is 0 Å². The second-order valence-corrected chi connectivity index (χ2v) is 6.02. The molecule has 0 radical (unpaired) electrons. The second kappa shape index (κ2) is 5.79. The lowest BCUT2D eigenvalue weighted by atomic mass is 10.0. The summed E-state index contributed by atoms with van der Waals surface area (Å²) in [7, 11) is 0. The smallest absolute Gasteiger partial charge is 0.435 e. The van der Waals surface area contributed by atoms with Crippen LogP contribution in [0.2, 0.25) is 0 Å². The fraction of sp³-hybridized carbons (Fsp3) is 0.176. The van der Waals surface area contributed by atoms with Gasteiger partial charge in [-0.1, -0.05) is 5.16 Å². The third-order valence-corrected chi connectivity index (χ3v) is 4.04. The van der Waals surface area contributed by atoms with Crippen LogP contribution < -0.4 is 0 Å². The Balaban J connectivity index is 1.74. The minimum atomic E-state index is -4.55. The van der Waals surface area contributed by atoms with Crippen LogP contribution in [0.3, 0.4) is 0 Å². The molecule has 10 heteroatoms. The molecule has 7 nitrogen and oxygen atoms in total. The van der Waals surface area contributed by atoms with Crippen LogP contribution in [0, 0.1) is 13.8 Å². The van der Waals surface area contributed by atoms with Gasteiger partial charge in [-0.2, -0.15) is 23.3 Å². The molecule has 4 aromatic rings. The third kappa shape index (κ3) is 2.98. The normalized spacial score (nSPS) is 12.0. The zero-order chi connectivity index (χ0) is 19.3. The molecule has 3 heterocycles. The molecular weight excluding hydrogens is 363 g/mol. The van der Waals surface area contributed by atoms with E-state index in [9.17, 15) is 18.3 Å². The van der Waals surface area contributed by atoms with Crippen molar-refractivity contribution in [1.82, 2.24) is 24.7 Å². The lowest BCUT2D eigenvalue weighted by Crippen LogP contribution is -2.10. The molecule has 0 aliphatic heterocycles. The number of nitrogens with zero attached hydrogens (tertiary/aromatic N) is 5. The van der Waals surface area contributed by atoms with E-state index in [4.69, 9.17) is 4.52 Å². The largest absolute Gasteiger partial charge is 0.508 e. The number of aromatic hydroxyl groups is 1. The van der Waals surface area contributed by atoms with Crippen molar-refractivity contribution in [3.63, 3.8) is 0 Å². The van der Waals surface area contributed by atoms with E-state index in [1.165, 1.54) is 12.3 Å². The van der Waals surface area contributed by atoms with Crippen molar-refractivity contribution in [3.8, 4) is 28.7 Å². The predicted octanol–water partition coefficient (Wildman–Crippen LogP) is 3.79. The SMILES string of the molecule is Cc1cc(-c2noc(-c3cn4nc(C(F)(F)F)ccc4n3)n2)c(C)cc1O. The van der Waals surface area contributed by atoms with E-state index in [-0.39, 0.29) is 28.8 Å². The number of phenolic OH excluding ortho intramolecular Hbond substituents is 1. The van der Waals surface area contributed by atoms with Gasteiger partial charge in [0.2, 0.25) is 5.82 Å². The molecule has 0 fully saturated rings. The minimum absolute atomic E-state index is 0.0502. The van der Waals surface area contributed by atoms with E-state index in [0.29, 0.717) is 11.1 Å². The summed E-state index contributed by atoms with van der Waals surface area (Å²) in [6.07, 6.45) is -3.26.